The van der Waals surface area contributed by atoms with Gasteiger partial charge in [0, 0.05) is 5.69 Å². The average molecular weight is 140 g/mol. The lowest BCUT2D eigenvalue weighted by Gasteiger charge is -1.99. The Kier molecular flexibility index (Phi) is 2.23. The molecule has 0 unspecified atom stereocenters. The summed E-state index contributed by atoms with van der Waals surface area (Å²) in [6.45, 7) is -0.449. The molecule has 0 aromatic heterocycles. The normalized spacial score (nSPS) is 9.40. The van der Waals surface area contributed by atoms with Crippen LogP contribution in [0.2, 0.25) is 0 Å². The van der Waals surface area contributed by atoms with E-state index in [1.54, 1.807) is 24.3 Å². The first-order valence-electron chi connectivity index (χ1n) is 2.98. The van der Waals surface area contributed by atoms with Crippen molar-refractivity contribution in [3.05, 3.63) is 29.8 Å². The lowest BCUT2D eigenvalue weighted by Crippen LogP contribution is -2.06. The zero-order valence-electron chi connectivity index (χ0n) is 5.47. The molecule has 1 rings (SSSR count). The van der Waals surface area contributed by atoms with Crippen LogP contribution in [0.25, 0.3) is 0 Å². The number of hydrazine groups is 1. The van der Waals surface area contributed by atoms with E-state index in [2.05, 4.69) is 5.43 Å². The predicted octanol–water partition coefficient (Wildman–Crippen LogP) is 1.44. The molecule has 0 atom stereocenters. The van der Waals surface area contributed by atoms with Gasteiger partial charge < -0.3 is 5.43 Å². The maximum atomic E-state index is 12.0. The number of benzene rings is 1. The highest BCUT2D eigenvalue weighted by molar-refractivity contribution is 5.44. The number of hydrogen-bond acceptors (Lipinski definition) is 2. The number of nitrogens with two attached hydrogens (primary N) is 1. The summed E-state index contributed by atoms with van der Waals surface area (Å²) < 4.78 is 12.0. The molecule has 0 aliphatic carbocycles. The molecule has 0 aliphatic rings. The highest BCUT2D eigenvalue weighted by Gasteiger charge is 1.91. The monoisotopic (exact) mass is 140 g/mol. The highest BCUT2D eigenvalue weighted by Crippen LogP contribution is 2.09. The van der Waals surface area contributed by atoms with Gasteiger partial charge in [0.1, 0.15) is 6.67 Å². The molecule has 0 amide bonds. The number of rotatable bonds is 2. The molecular formula is C7H9FN2. The summed E-state index contributed by atoms with van der Waals surface area (Å²) >= 11 is 0. The van der Waals surface area contributed by atoms with E-state index in [4.69, 9.17) is 5.84 Å². The molecule has 2 nitrogen and oxygen atoms in total. The lowest BCUT2D eigenvalue weighted by molar-refractivity contribution is 0.485. The topological polar surface area (TPSA) is 38.0 Å². The molecule has 0 spiro atoms. The molecule has 3 heteroatoms. The molecule has 0 fully saturated rings. The molecule has 10 heavy (non-hydrogen) atoms. The SMILES string of the molecule is NNc1cccc(CF)c1. The number of alkyl halides is 1. The first-order valence-corrected chi connectivity index (χ1v) is 2.98. The molecule has 0 saturated heterocycles. The largest absolute Gasteiger partial charge is 0.324 e. The first kappa shape index (κ1) is 7.02. The fourth-order valence-electron chi connectivity index (χ4n) is 0.744. The summed E-state index contributed by atoms with van der Waals surface area (Å²) in [5.41, 5.74) is 3.80. The Balaban J connectivity index is 2.87. The molecule has 0 heterocycles. The molecule has 0 aliphatic heterocycles. The van der Waals surface area contributed by atoms with Gasteiger partial charge in [-0.1, -0.05) is 12.1 Å². The smallest absolute Gasteiger partial charge is 0.115 e. The van der Waals surface area contributed by atoms with Crippen molar-refractivity contribution in [1.82, 2.24) is 0 Å². The molecule has 0 radical (unpaired) electrons. The van der Waals surface area contributed by atoms with Crippen LogP contribution < -0.4 is 11.3 Å². The van der Waals surface area contributed by atoms with Gasteiger partial charge >= 0.3 is 0 Å². The van der Waals surface area contributed by atoms with Crippen molar-refractivity contribution in [1.29, 1.82) is 0 Å². The molecule has 54 valence electrons. The lowest BCUT2D eigenvalue weighted by atomic mass is 10.2. The van der Waals surface area contributed by atoms with Crippen molar-refractivity contribution in [3.8, 4) is 0 Å². The molecule has 0 saturated carbocycles. The van der Waals surface area contributed by atoms with E-state index in [1.165, 1.54) is 0 Å². The van der Waals surface area contributed by atoms with E-state index in [0.717, 1.165) is 5.69 Å². The van der Waals surface area contributed by atoms with Crippen molar-refractivity contribution >= 4 is 5.69 Å². The number of anilines is 1. The second-order valence-electron chi connectivity index (χ2n) is 1.98. The van der Waals surface area contributed by atoms with Crippen molar-refractivity contribution in [2.24, 2.45) is 5.84 Å². The van der Waals surface area contributed by atoms with Crippen LogP contribution >= 0.6 is 0 Å². The Labute approximate surface area is 58.8 Å². The standard InChI is InChI=1S/C7H9FN2/c8-5-6-2-1-3-7(4-6)10-9/h1-4,10H,5,9H2. The summed E-state index contributed by atoms with van der Waals surface area (Å²) in [5, 5.41) is 0. The third-order valence-corrected chi connectivity index (χ3v) is 1.25. The van der Waals surface area contributed by atoms with Gasteiger partial charge in [-0.3, -0.25) is 5.84 Å². The molecule has 3 N–H and O–H groups in total. The summed E-state index contributed by atoms with van der Waals surface area (Å²) in [6.07, 6.45) is 0. The van der Waals surface area contributed by atoms with Gasteiger partial charge in [0.2, 0.25) is 0 Å². The van der Waals surface area contributed by atoms with E-state index in [0.29, 0.717) is 5.56 Å². The van der Waals surface area contributed by atoms with Crippen molar-refractivity contribution in [2.75, 3.05) is 5.43 Å². The number of nitrogens with one attached hydrogen (secondary N) is 1. The zero-order valence-corrected chi connectivity index (χ0v) is 5.47. The second kappa shape index (κ2) is 3.17. The van der Waals surface area contributed by atoms with Crippen LogP contribution in [-0.4, -0.2) is 0 Å². The van der Waals surface area contributed by atoms with Crippen LogP contribution in [0.1, 0.15) is 5.56 Å². The minimum Gasteiger partial charge on any atom is -0.324 e. The van der Waals surface area contributed by atoms with E-state index in [-0.39, 0.29) is 0 Å². The third kappa shape index (κ3) is 1.45. The Bertz CT molecular complexity index is 193. The Morgan fingerprint density at radius 1 is 1.50 bits per heavy atom. The minimum absolute atomic E-state index is 0.449. The molecule has 1 aromatic rings. The van der Waals surface area contributed by atoms with Crippen LogP contribution in [0.3, 0.4) is 0 Å². The van der Waals surface area contributed by atoms with E-state index >= 15 is 0 Å². The van der Waals surface area contributed by atoms with Crippen LogP contribution in [-0.2, 0) is 6.67 Å². The van der Waals surface area contributed by atoms with E-state index in [9.17, 15) is 4.39 Å². The van der Waals surface area contributed by atoms with Gasteiger partial charge in [-0.15, -0.1) is 0 Å². The fourth-order valence-corrected chi connectivity index (χ4v) is 0.744. The first-order chi connectivity index (χ1) is 4.86. The van der Waals surface area contributed by atoms with Gasteiger partial charge in [-0.2, -0.15) is 0 Å². The average Bonchev–Trinajstić information content (AvgIpc) is 2.05. The Morgan fingerprint density at radius 3 is 2.90 bits per heavy atom. The quantitative estimate of drug-likeness (QED) is 0.482. The summed E-state index contributed by atoms with van der Waals surface area (Å²) in [4.78, 5) is 0. The molecule has 1 aromatic carbocycles. The zero-order chi connectivity index (χ0) is 7.40. The van der Waals surface area contributed by atoms with Crippen molar-refractivity contribution in [2.45, 2.75) is 6.67 Å². The fraction of sp³-hybridized carbons (Fsp3) is 0.143. The van der Waals surface area contributed by atoms with Gasteiger partial charge in [-0.25, -0.2) is 4.39 Å². The van der Waals surface area contributed by atoms with Crippen LogP contribution in [0.4, 0.5) is 10.1 Å². The maximum Gasteiger partial charge on any atom is 0.115 e. The van der Waals surface area contributed by atoms with Crippen LogP contribution in [0.5, 0.6) is 0 Å². The predicted molar refractivity (Wildman–Crippen MR) is 39.1 cm³/mol. The second-order valence-corrected chi connectivity index (χ2v) is 1.98. The highest BCUT2D eigenvalue weighted by atomic mass is 19.1. The number of halogens is 1. The summed E-state index contributed by atoms with van der Waals surface area (Å²) in [7, 11) is 0. The van der Waals surface area contributed by atoms with Gasteiger partial charge in [0.25, 0.3) is 0 Å². The molecule has 0 bridgehead atoms. The number of nitrogen functional groups attached to an aromatic ring is 1. The van der Waals surface area contributed by atoms with Crippen LogP contribution in [0, 0.1) is 0 Å². The van der Waals surface area contributed by atoms with Crippen LogP contribution in [0.15, 0.2) is 24.3 Å². The van der Waals surface area contributed by atoms with E-state index in [1.807, 2.05) is 0 Å². The van der Waals surface area contributed by atoms with Crippen molar-refractivity contribution < 1.29 is 4.39 Å². The Hall–Kier alpha value is -1.09. The van der Waals surface area contributed by atoms with Gasteiger partial charge in [0.15, 0.2) is 0 Å². The third-order valence-electron chi connectivity index (χ3n) is 1.25. The minimum atomic E-state index is -0.449. The van der Waals surface area contributed by atoms with Gasteiger partial charge in [-0.05, 0) is 17.7 Å². The molecular weight excluding hydrogens is 131 g/mol. The summed E-state index contributed by atoms with van der Waals surface area (Å²) in [5.74, 6) is 5.10. The maximum absolute atomic E-state index is 12.0. The van der Waals surface area contributed by atoms with E-state index < -0.39 is 6.67 Å². The van der Waals surface area contributed by atoms with Crippen molar-refractivity contribution in [3.63, 3.8) is 0 Å². The summed E-state index contributed by atoms with van der Waals surface area (Å²) in [6, 6.07) is 6.91. The van der Waals surface area contributed by atoms with Gasteiger partial charge in [0.05, 0.1) is 0 Å². The number of hydrogen-bond donors (Lipinski definition) is 2. The Morgan fingerprint density at radius 2 is 2.30 bits per heavy atom.